The van der Waals surface area contributed by atoms with Gasteiger partial charge in [-0.1, -0.05) is 41.9 Å². The number of anilines is 1. The summed E-state index contributed by atoms with van der Waals surface area (Å²) >= 11 is 5.95. The van der Waals surface area contributed by atoms with Gasteiger partial charge in [-0.3, -0.25) is 14.9 Å². The number of nitrogens with one attached hydrogen (secondary N) is 3. The largest absolute Gasteiger partial charge is 0.495 e. The smallest absolute Gasteiger partial charge is 0.252 e. The molecule has 2 aromatic rings. The molecule has 3 N–H and O–H groups in total. The van der Waals surface area contributed by atoms with E-state index in [2.05, 4.69) is 26.2 Å². The zero-order chi connectivity index (χ0) is 19.9. The van der Waals surface area contributed by atoms with Gasteiger partial charge >= 0.3 is 0 Å². The van der Waals surface area contributed by atoms with Crippen LogP contribution in [0.4, 0.5) is 5.69 Å². The first-order valence-corrected chi connectivity index (χ1v) is 8.79. The summed E-state index contributed by atoms with van der Waals surface area (Å²) < 4.78 is 5.18. The van der Waals surface area contributed by atoms with Gasteiger partial charge < -0.3 is 10.1 Å². The summed E-state index contributed by atoms with van der Waals surface area (Å²) in [6.07, 6.45) is 1.47. The highest BCUT2D eigenvalue weighted by molar-refractivity contribution is 6.31. The third-order valence-corrected chi connectivity index (χ3v) is 4.06. The number of carbonyl (C=O) groups is 2. The van der Waals surface area contributed by atoms with Crippen molar-refractivity contribution in [2.24, 2.45) is 10.1 Å². The van der Waals surface area contributed by atoms with Crippen LogP contribution in [0.25, 0.3) is 0 Å². The van der Waals surface area contributed by atoms with Crippen LogP contribution in [0.3, 0.4) is 0 Å². The third kappa shape index (κ3) is 5.08. The molecule has 0 saturated heterocycles. The Morgan fingerprint density at radius 2 is 2.11 bits per heavy atom. The number of guanidine groups is 1. The first-order valence-electron chi connectivity index (χ1n) is 8.41. The highest BCUT2D eigenvalue weighted by Crippen LogP contribution is 2.27. The van der Waals surface area contributed by atoms with E-state index >= 15 is 0 Å². The predicted octanol–water partition coefficient (Wildman–Crippen LogP) is 2.16. The van der Waals surface area contributed by atoms with Crippen LogP contribution in [0, 0.1) is 0 Å². The van der Waals surface area contributed by atoms with Crippen molar-refractivity contribution in [3.8, 4) is 5.75 Å². The van der Waals surface area contributed by atoms with E-state index in [0.29, 0.717) is 16.5 Å². The number of hydrazone groups is 1. The molecule has 2 amide bonds. The average molecular weight is 400 g/mol. The highest BCUT2D eigenvalue weighted by Gasteiger charge is 2.28. The Kier molecular flexibility index (Phi) is 6.23. The van der Waals surface area contributed by atoms with Crippen LogP contribution in [0.1, 0.15) is 12.0 Å². The number of hydrogen-bond acceptors (Lipinski definition) is 6. The van der Waals surface area contributed by atoms with Crippen molar-refractivity contribution >= 4 is 41.3 Å². The van der Waals surface area contributed by atoms with E-state index in [1.54, 1.807) is 24.4 Å². The lowest BCUT2D eigenvalue weighted by Gasteiger charge is -2.11. The van der Waals surface area contributed by atoms with Gasteiger partial charge in [-0.05, 0) is 23.8 Å². The summed E-state index contributed by atoms with van der Waals surface area (Å²) in [4.78, 5) is 28.5. The third-order valence-electron chi connectivity index (χ3n) is 3.83. The number of halogens is 1. The highest BCUT2D eigenvalue weighted by atomic mass is 35.5. The van der Waals surface area contributed by atoms with Crippen molar-refractivity contribution in [3.63, 3.8) is 0 Å². The molecular weight excluding hydrogens is 382 g/mol. The lowest BCUT2D eigenvalue weighted by Crippen LogP contribution is -2.35. The number of aliphatic imine (C=N–C) groups is 1. The number of methoxy groups -OCH3 is 1. The number of rotatable bonds is 6. The fourth-order valence-electron chi connectivity index (χ4n) is 2.50. The van der Waals surface area contributed by atoms with E-state index < -0.39 is 11.9 Å². The topological polar surface area (TPSA) is 104 Å². The standard InChI is InChI=1S/C19H18ClN5O3/c1-28-16-8-7-13(20)9-14(16)22-17(26)10-15-18(27)24-19(23-15)25-21-11-12-5-3-2-4-6-12/h2-9,11,15H,10H2,1H3,(H,22,26)(H2,23,24,25,27)/b21-11+/t15-/m1/s1. The molecule has 0 bridgehead atoms. The Hall–Kier alpha value is -3.39. The van der Waals surface area contributed by atoms with Crippen molar-refractivity contribution in [2.75, 3.05) is 12.4 Å². The van der Waals surface area contributed by atoms with Crippen LogP contribution < -0.4 is 20.8 Å². The van der Waals surface area contributed by atoms with Crippen LogP contribution in [0.2, 0.25) is 5.02 Å². The van der Waals surface area contributed by atoms with Crippen molar-refractivity contribution < 1.29 is 14.3 Å². The number of hydrogen-bond donors (Lipinski definition) is 3. The molecular formula is C19H18ClN5O3. The van der Waals surface area contributed by atoms with E-state index in [1.165, 1.54) is 7.11 Å². The molecule has 0 fully saturated rings. The Morgan fingerprint density at radius 1 is 1.32 bits per heavy atom. The van der Waals surface area contributed by atoms with Crippen LogP contribution >= 0.6 is 11.6 Å². The SMILES string of the molecule is COc1ccc(Cl)cc1NC(=O)C[C@H]1N=C(N/N=C/c2ccccc2)NC1=O. The molecule has 28 heavy (non-hydrogen) atoms. The summed E-state index contributed by atoms with van der Waals surface area (Å²) in [6, 6.07) is 13.5. The monoisotopic (exact) mass is 399 g/mol. The van der Waals surface area contributed by atoms with Gasteiger partial charge in [0, 0.05) is 5.02 Å². The Balaban J connectivity index is 1.58. The van der Waals surface area contributed by atoms with E-state index in [1.807, 2.05) is 30.3 Å². The Bertz CT molecular complexity index is 930. The Morgan fingerprint density at radius 3 is 2.86 bits per heavy atom. The second-order valence-corrected chi connectivity index (χ2v) is 6.30. The summed E-state index contributed by atoms with van der Waals surface area (Å²) in [7, 11) is 1.49. The lowest BCUT2D eigenvalue weighted by molar-refractivity contribution is -0.123. The molecule has 144 valence electrons. The van der Waals surface area contributed by atoms with E-state index in [4.69, 9.17) is 16.3 Å². The number of nitrogens with zero attached hydrogens (tertiary/aromatic N) is 2. The average Bonchev–Trinajstić information content (AvgIpc) is 3.02. The Labute approximate surface area is 166 Å². The molecule has 9 heteroatoms. The first-order chi connectivity index (χ1) is 13.5. The molecule has 1 atom stereocenters. The van der Waals surface area contributed by atoms with E-state index in [9.17, 15) is 9.59 Å². The predicted molar refractivity (Wildman–Crippen MR) is 108 cm³/mol. The molecule has 2 aromatic carbocycles. The van der Waals surface area contributed by atoms with Gasteiger partial charge in [-0.2, -0.15) is 5.10 Å². The second-order valence-electron chi connectivity index (χ2n) is 5.86. The van der Waals surface area contributed by atoms with Crippen LogP contribution in [-0.4, -0.2) is 37.1 Å². The molecule has 0 spiro atoms. The zero-order valence-electron chi connectivity index (χ0n) is 15.0. The number of amides is 2. The summed E-state index contributed by atoms with van der Waals surface area (Å²) in [5, 5.41) is 9.71. The lowest BCUT2D eigenvalue weighted by atomic mass is 10.2. The minimum absolute atomic E-state index is 0.130. The molecule has 1 aliphatic heterocycles. The second kappa shape index (κ2) is 9.01. The first kappa shape index (κ1) is 19.4. The molecule has 0 aromatic heterocycles. The normalized spacial score (nSPS) is 15.9. The van der Waals surface area contributed by atoms with Gasteiger partial charge in [0.05, 0.1) is 25.4 Å². The maximum Gasteiger partial charge on any atom is 0.252 e. The number of benzene rings is 2. The number of carbonyl (C=O) groups excluding carboxylic acids is 2. The molecule has 8 nitrogen and oxygen atoms in total. The van der Waals surface area contributed by atoms with Crippen LogP contribution in [-0.2, 0) is 9.59 Å². The summed E-state index contributed by atoms with van der Waals surface area (Å²) in [5.74, 6) is -0.117. The van der Waals surface area contributed by atoms with Gasteiger partial charge in [0.25, 0.3) is 5.91 Å². The number of ether oxygens (including phenoxy) is 1. The molecule has 1 aliphatic rings. The van der Waals surface area contributed by atoms with Crippen LogP contribution in [0.5, 0.6) is 5.75 Å². The molecule has 0 saturated carbocycles. The van der Waals surface area contributed by atoms with Crippen molar-refractivity contribution in [1.29, 1.82) is 0 Å². The van der Waals surface area contributed by atoms with Crippen LogP contribution in [0.15, 0.2) is 58.6 Å². The minimum Gasteiger partial charge on any atom is -0.495 e. The van der Waals surface area contributed by atoms with Gasteiger partial charge in [0.2, 0.25) is 11.9 Å². The molecule has 1 heterocycles. The van der Waals surface area contributed by atoms with Gasteiger partial charge in [-0.25, -0.2) is 10.4 Å². The summed E-state index contributed by atoms with van der Waals surface area (Å²) in [5.41, 5.74) is 3.98. The van der Waals surface area contributed by atoms with Crippen molar-refractivity contribution in [2.45, 2.75) is 12.5 Å². The molecule has 0 aliphatic carbocycles. The van der Waals surface area contributed by atoms with E-state index in [0.717, 1.165) is 5.56 Å². The van der Waals surface area contributed by atoms with E-state index in [-0.39, 0.29) is 18.3 Å². The minimum atomic E-state index is -0.848. The maximum absolute atomic E-state index is 12.3. The van der Waals surface area contributed by atoms with Gasteiger partial charge in [0.15, 0.2) is 0 Å². The van der Waals surface area contributed by atoms with Crippen molar-refractivity contribution in [1.82, 2.24) is 10.7 Å². The fraction of sp³-hybridized carbons (Fsp3) is 0.158. The quantitative estimate of drug-likeness (QED) is 0.511. The van der Waals surface area contributed by atoms with Gasteiger partial charge in [-0.15, -0.1) is 0 Å². The fourth-order valence-corrected chi connectivity index (χ4v) is 2.68. The molecule has 0 radical (unpaired) electrons. The van der Waals surface area contributed by atoms with Gasteiger partial charge in [0.1, 0.15) is 11.8 Å². The molecule has 0 unspecified atom stereocenters. The zero-order valence-corrected chi connectivity index (χ0v) is 15.7. The summed E-state index contributed by atoms with van der Waals surface area (Å²) in [6.45, 7) is 0. The molecule has 3 rings (SSSR count). The maximum atomic E-state index is 12.3. The van der Waals surface area contributed by atoms with Crippen molar-refractivity contribution in [3.05, 3.63) is 59.1 Å².